The van der Waals surface area contributed by atoms with Crippen LogP contribution in [-0.4, -0.2) is 5.91 Å². The molecular formula is C14H12BrClN2O. The molecule has 2 aromatic carbocycles. The number of rotatable bonds is 2. The minimum atomic E-state index is -0.250. The minimum absolute atomic E-state index is 0.250. The Balaban J connectivity index is 2.25. The van der Waals surface area contributed by atoms with E-state index in [9.17, 15) is 4.79 Å². The van der Waals surface area contributed by atoms with E-state index in [2.05, 4.69) is 21.2 Å². The first-order valence-electron chi connectivity index (χ1n) is 5.60. The highest BCUT2D eigenvalue weighted by Crippen LogP contribution is 2.26. The Kier molecular flexibility index (Phi) is 4.12. The molecule has 0 unspecified atom stereocenters. The van der Waals surface area contributed by atoms with E-state index in [4.69, 9.17) is 17.3 Å². The molecule has 0 spiro atoms. The summed E-state index contributed by atoms with van der Waals surface area (Å²) < 4.78 is 0.780. The summed E-state index contributed by atoms with van der Waals surface area (Å²) in [6, 6.07) is 10.6. The van der Waals surface area contributed by atoms with Crippen molar-refractivity contribution in [1.29, 1.82) is 0 Å². The quantitative estimate of drug-likeness (QED) is 0.804. The second kappa shape index (κ2) is 5.63. The molecule has 0 radical (unpaired) electrons. The first-order chi connectivity index (χ1) is 8.97. The lowest BCUT2D eigenvalue weighted by Gasteiger charge is -2.09. The number of benzene rings is 2. The molecule has 2 aromatic rings. The smallest absolute Gasteiger partial charge is 0.257 e. The van der Waals surface area contributed by atoms with Crippen LogP contribution in [0.4, 0.5) is 11.4 Å². The lowest BCUT2D eigenvalue weighted by molar-refractivity contribution is 0.102. The van der Waals surface area contributed by atoms with Gasteiger partial charge in [0.05, 0.1) is 10.6 Å². The molecule has 0 aliphatic rings. The van der Waals surface area contributed by atoms with Gasteiger partial charge in [-0.15, -0.1) is 0 Å². The largest absolute Gasteiger partial charge is 0.398 e. The van der Waals surface area contributed by atoms with Crippen molar-refractivity contribution in [2.45, 2.75) is 6.92 Å². The zero-order valence-electron chi connectivity index (χ0n) is 10.2. The van der Waals surface area contributed by atoms with Crippen molar-refractivity contribution in [1.82, 2.24) is 0 Å². The molecule has 3 N–H and O–H groups in total. The molecule has 0 fully saturated rings. The first kappa shape index (κ1) is 13.9. The van der Waals surface area contributed by atoms with Gasteiger partial charge in [-0.2, -0.15) is 0 Å². The molecule has 0 atom stereocenters. The van der Waals surface area contributed by atoms with Crippen LogP contribution >= 0.6 is 27.5 Å². The number of hydrogen-bond acceptors (Lipinski definition) is 2. The maximum atomic E-state index is 12.1. The van der Waals surface area contributed by atoms with E-state index in [1.807, 2.05) is 13.0 Å². The molecule has 0 saturated carbocycles. The predicted molar refractivity (Wildman–Crippen MR) is 82.7 cm³/mol. The Morgan fingerprint density at radius 3 is 2.68 bits per heavy atom. The monoisotopic (exact) mass is 338 g/mol. The number of amides is 1. The van der Waals surface area contributed by atoms with Gasteiger partial charge in [-0.3, -0.25) is 4.79 Å². The second-order valence-corrected chi connectivity index (χ2v) is 5.44. The summed E-state index contributed by atoms with van der Waals surface area (Å²) in [6.07, 6.45) is 0. The van der Waals surface area contributed by atoms with Crippen molar-refractivity contribution in [3.63, 3.8) is 0 Å². The summed E-state index contributed by atoms with van der Waals surface area (Å²) in [5, 5.41) is 3.31. The van der Waals surface area contributed by atoms with Crippen molar-refractivity contribution < 1.29 is 4.79 Å². The Morgan fingerprint density at radius 1 is 1.26 bits per heavy atom. The predicted octanol–water partition coefficient (Wildman–Crippen LogP) is 4.25. The Morgan fingerprint density at radius 2 is 2.00 bits per heavy atom. The molecule has 1 amide bonds. The van der Waals surface area contributed by atoms with Crippen molar-refractivity contribution in [2.75, 3.05) is 11.1 Å². The van der Waals surface area contributed by atoms with Crippen molar-refractivity contribution in [3.8, 4) is 0 Å². The summed E-state index contributed by atoms with van der Waals surface area (Å²) in [7, 11) is 0. The van der Waals surface area contributed by atoms with Gasteiger partial charge in [-0.1, -0.05) is 23.2 Å². The van der Waals surface area contributed by atoms with Crippen LogP contribution in [0.15, 0.2) is 40.9 Å². The van der Waals surface area contributed by atoms with Gasteiger partial charge in [-0.05, 0) is 53.2 Å². The van der Waals surface area contributed by atoms with Gasteiger partial charge < -0.3 is 11.1 Å². The van der Waals surface area contributed by atoms with E-state index in [1.54, 1.807) is 30.3 Å². The fourth-order valence-electron chi connectivity index (χ4n) is 1.64. The van der Waals surface area contributed by atoms with E-state index in [1.165, 1.54) is 0 Å². The Hall–Kier alpha value is -1.52. The molecule has 0 bridgehead atoms. The van der Waals surface area contributed by atoms with E-state index < -0.39 is 0 Å². The standard InChI is InChI=1S/C14H12BrClN2O/c1-8-2-5-13(17)10(6-8)14(19)18-9-3-4-11(15)12(16)7-9/h2-7H,17H2,1H3,(H,18,19). The number of nitrogens with two attached hydrogens (primary N) is 1. The summed E-state index contributed by atoms with van der Waals surface area (Å²) >= 11 is 9.27. The highest BCUT2D eigenvalue weighted by molar-refractivity contribution is 9.10. The number of carbonyl (C=O) groups excluding carboxylic acids is 1. The number of anilines is 2. The number of nitrogens with one attached hydrogen (secondary N) is 1. The van der Waals surface area contributed by atoms with Crippen LogP contribution < -0.4 is 11.1 Å². The van der Waals surface area contributed by atoms with Crippen LogP contribution in [0.1, 0.15) is 15.9 Å². The van der Waals surface area contributed by atoms with Gasteiger partial charge in [0.25, 0.3) is 5.91 Å². The summed E-state index contributed by atoms with van der Waals surface area (Å²) in [5.74, 6) is -0.250. The Labute approximate surface area is 124 Å². The van der Waals surface area contributed by atoms with Crippen molar-refractivity contribution in [2.24, 2.45) is 0 Å². The molecule has 0 aromatic heterocycles. The van der Waals surface area contributed by atoms with E-state index in [0.29, 0.717) is 22.0 Å². The number of hydrogen-bond donors (Lipinski definition) is 2. The average Bonchev–Trinajstić information content (AvgIpc) is 2.36. The van der Waals surface area contributed by atoms with Gasteiger partial charge >= 0.3 is 0 Å². The van der Waals surface area contributed by atoms with Gasteiger partial charge in [0.1, 0.15) is 0 Å². The average molecular weight is 340 g/mol. The van der Waals surface area contributed by atoms with E-state index >= 15 is 0 Å². The molecule has 0 saturated heterocycles. The first-order valence-corrected chi connectivity index (χ1v) is 6.77. The minimum Gasteiger partial charge on any atom is -0.398 e. The summed E-state index contributed by atoms with van der Waals surface area (Å²) in [4.78, 5) is 12.1. The summed E-state index contributed by atoms with van der Waals surface area (Å²) in [6.45, 7) is 1.91. The lowest BCUT2D eigenvalue weighted by Crippen LogP contribution is -2.14. The fraction of sp³-hybridized carbons (Fsp3) is 0.0714. The SMILES string of the molecule is Cc1ccc(N)c(C(=O)Nc2ccc(Br)c(Cl)c2)c1. The van der Waals surface area contributed by atoms with Crippen LogP contribution in [0.5, 0.6) is 0 Å². The van der Waals surface area contributed by atoms with Gasteiger partial charge in [-0.25, -0.2) is 0 Å². The zero-order valence-corrected chi connectivity index (χ0v) is 12.5. The van der Waals surface area contributed by atoms with Crippen molar-refractivity contribution in [3.05, 3.63) is 57.0 Å². The number of carbonyl (C=O) groups is 1. The van der Waals surface area contributed by atoms with Crippen molar-refractivity contribution >= 4 is 44.8 Å². The van der Waals surface area contributed by atoms with Crippen LogP contribution in [0.25, 0.3) is 0 Å². The molecule has 3 nitrogen and oxygen atoms in total. The van der Waals surface area contributed by atoms with Crippen LogP contribution in [0.2, 0.25) is 5.02 Å². The van der Waals surface area contributed by atoms with Crippen LogP contribution in [-0.2, 0) is 0 Å². The van der Waals surface area contributed by atoms with E-state index in [0.717, 1.165) is 10.0 Å². The normalized spacial score (nSPS) is 10.3. The third kappa shape index (κ3) is 3.28. The third-order valence-corrected chi connectivity index (χ3v) is 3.86. The lowest BCUT2D eigenvalue weighted by atomic mass is 10.1. The maximum Gasteiger partial charge on any atom is 0.257 e. The molecular weight excluding hydrogens is 328 g/mol. The number of aryl methyl sites for hydroxylation is 1. The fourth-order valence-corrected chi connectivity index (χ4v) is 2.07. The molecule has 2 rings (SSSR count). The maximum absolute atomic E-state index is 12.1. The zero-order chi connectivity index (χ0) is 14.0. The highest BCUT2D eigenvalue weighted by atomic mass is 79.9. The topological polar surface area (TPSA) is 55.1 Å². The Bertz CT molecular complexity index is 643. The molecule has 0 aliphatic heterocycles. The number of nitrogen functional groups attached to an aromatic ring is 1. The van der Waals surface area contributed by atoms with Crippen LogP contribution in [0, 0.1) is 6.92 Å². The molecule has 0 heterocycles. The van der Waals surface area contributed by atoms with Gasteiger partial charge in [0.15, 0.2) is 0 Å². The van der Waals surface area contributed by atoms with Gasteiger partial charge in [0.2, 0.25) is 0 Å². The highest BCUT2D eigenvalue weighted by Gasteiger charge is 2.10. The second-order valence-electron chi connectivity index (χ2n) is 4.17. The number of halogens is 2. The molecule has 0 aliphatic carbocycles. The third-order valence-electron chi connectivity index (χ3n) is 2.63. The molecule has 19 heavy (non-hydrogen) atoms. The summed E-state index contributed by atoms with van der Waals surface area (Å²) in [5.41, 5.74) is 8.32. The van der Waals surface area contributed by atoms with Gasteiger partial charge in [0, 0.05) is 15.8 Å². The van der Waals surface area contributed by atoms with Crippen LogP contribution in [0.3, 0.4) is 0 Å². The molecule has 5 heteroatoms. The molecule has 98 valence electrons. The van der Waals surface area contributed by atoms with E-state index in [-0.39, 0.29) is 5.91 Å².